The van der Waals surface area contributed by atoms with Gasteiger partial charge in [-0.25, -0.2) is 0 Å². The number of para-hydroxylation sites is 4. The fraction of sp³-hybridized carbons (Fsp3) is 0. The van der Waals surface area contributed by atoms with Gasteiger partial charge in [-0.05, 0) is 60.4 Å². The Hall–Kier alpha value is -0.775. The average molecular weight is 1110 g/mol. The molecule has 0 unspecified atom stereocenters. The molecule has 228 valence electrons. The van der Waals surface area contributed by atoms with E-state index in [0.29, 0.717) is 0 Å². The standard InChI is InChI=1S/4C7H5NS2.2ClH.2Re/c4*9-7-8-5-3-1-2-4-6(5)10-7;;;;/h4*1-4H,(H,8,9);2*1H;;/q;;;;;;2*+1/p-6. The van der Waals surface area contributed by atoms with E-state index in [0.717, 1.165) is 39.4 Å². The molecule has 4 aromatic heterocycles. The second-order valence-electron chi connectivity index (χ2n) is 7.79. The minimum absolute atomic E-state index is 0.723. The zero-order valence-corrected chi connectivity index (χ0v) is 35.3. The summed E-state index contributed by atoms with van der Waals surface area (Å²) in [6.07, 6.45) is 0. The molecule has 0 saturated heterocycles. The van der Waals surface area contributed by atoms with Crippen LogP contribution in [0.5, 0.6) is 0 Å². The molecule has 44 heavy (non-hydrogen) atoms. The van der Waals surface area contributed by atoms with Crippen LogP contribution in [0.3, 0.4) is 0 Å². The molecule has 4 nitrogen and oxygen atoms in total. The van der Waals surface area contributed by atoms with Crippen molar-refractivity contribution in [3.8, 4) is 0 Å². The first-order valence-electron chi connectivity index (χ1n) is 11.8. The van der Waals surface area contributed by atoms with Crippen molar-refractivity contribution in [1.82, 2.24) is 19.9 Å². The summed E-state index contributed by atoms with van der Waals surface area (Å²) in [5.41, 5.74) is 4.05. The smallest absolute Gasteiger partial charge is 0.0600 e. The van der Waals surface area contributed by atoms with Gasteiger partial charge in [0.25, 0.3) is 0 Å². The predicted molar refractivity (Wildman–Crippen MR) is 193 cm³/mol. The third-order valence-electron chi connectivity index (χ3n) is 5.10. The Morgan fingerprint density at radius 3 is 0.727 bits per heavy atom. The predicted octanol–water partition coefficient (Wildman–Crippen LogP) is 10.2. The number of thiazole rings is 4. The fourth-order valence-corrected chi connectivity index (χ4v) is 7.66. The van der Waals surface area contributed by atoms with Crippen molar-refractivity contribution >= 4 is 156 Å². The quantitative estimate of drug-likeness (QED) is 0.139. The van der Waals surface area contributed by atoms with Crippen molar-refractivity contribution in [3.63, 3.8) is 0 Å². The number of hydrogen-bond donors (Lipinski definition) is 0. The van der Waals surface area contributed by atoms with E-state index in [2.05, 4.69) is 19.9 Å². The van der Waals surface area contributed by atoms with E-state index in [1.807, 2.05) is 97.1 Å². The first-order valence-corrected chi connectivity index (χ1v) is 23.5. The van der Waals surface area contributed by atoms with Gasteiger partial charge in [0.1, 0.15) is 0 Å². The van der Waals surface area contributed by atoms with Crippen molar-refractivity contribution < 1.29 is 36.4 Å². The molecule has 4 aromatic carbocycles. The third kappa shape index (κ3) is 11.8. The van der Waals surface area contributed by atoms with Crippen LogP contribution in [-0.4, -0.2) is 19.9 Å². The average Bonchev–Trinajstić information content (AvgIpc) is 3.82. The molecule has 0 aliphatic rings. The van der Waals surface area contributed by atoms with Gasteiger partial charge in [0.2, 0.25) is 0 Å². The maximum atomic E-state index is 4.92. The first-order chi connectivity index (χ1) is 21.4. The summed E-state index contributed by atoms with van der Waals surface area (Å²) in [5, 5.41) is 0. The molecule has 0 fully saturated rings. The monoisotopic (exact) mass is 1110 g/mol. The van der Waals surface area contributed by atoms with Gasteiger partial charge in [-0.2, -0.15) is 0 Å². The molecule has 0 spiro atoms. The van der Waals surface area contributed by atoms with Gasteiger partial charge >= 0.3 is 55.4 Å². The van der Waals surface area contributed by atoms with Gasteiger partial charge < -0.3 is 95.9 Å². The van der Waals surface area contributed by atoms with E-state index in [-0.39, 0.29) is 0 Å². The molecular formula is C28H16Cl2N4Re2S8-4. The topological polar surface area (TPSA) is 51.6 Å². The molecule has 0 N–H and O–H groups in total. The van der Waals surface area contributed by atoms with Crippen LogP contribution in [0.4, 0.5) is 0 Å². The number of nitrogens with zero attached hydrogens (tertiary/aromatic N) is 4. The maximum absolute atomic E-state index is 4.92. The summed E-state index contributed by atoms with van der Waals surface area (Å²) in [5.74, 6) is 0. The molecule has 8 rings (SSSR count). The summed E-state index contributed by atoms with van der Waals surface area (Å²) in [7, 11) is 9.39. The van der Waals surface area contributed by atoms with Crippen LogP contribution in [-0.2, 0) is 86.9 Å². The minimum atomic E-state index is 0.723. The Labute approximate surface area is 322 Å². The zero-order valence-electron chi connectivity index (χ0n) is 21.8. The number of fused-ring (bicyclic) bond motifs is 4. The van der Waals surface area contributed by atoms with Gasteiger partial charge in [-0.1, -0.05) is 72.8 Å². The molecule has 0 bridgehead atoms. The van der Waals surface area contributed by atoms with Crippen LogP contribution >= 0.6 is 64.4 Å². The van der Waals surface area contributed by atoms with E-state index in [9.17, 15) is 0 Å². The minimum Gasteiger partial charge on any atom is -0.408 e. The molecule has 0 amide bonds. The molecule has 0 radical (unpaired) electrons. The Kier molecular flexibility index (Phi) is 17.5. The van der Waals surface area contributed by atoms with E-state index >= 15 is 0 Å². The SMILES string of the molecule is [Cl][Re].[Cl][Re].[S-]c1nc2ccccc2s1.[S-]c1nc2ccccc2s1.[S-]c1nc2ccccc2s1.[S-]c1nc2ccccc2s1. The second-order valence-corrected chi connectivity index (χ2v) is 14.5. The van der Waals surface area contributed by atoms with Crippen molar-refractivity contribution in [1.29, 1.82) is 0 Å². The molecule has 0 aliphatic carbocycles. The van der Waals surface area contributed by atoms with Crippen molar-refractivity contribution in [2.75, 3.05) is 0 Å². The van der Waals surface area contributed by atoms with E-state index in [1.165, 1.54) is 55.2 Å². The molecule has 0 aliphatic heterocycles. The van der Waals surface area contributed by atoms with Crippen LogP contribution in [0.15, 0.2) is 114 Å². The van der Waals surface area contributed by atoms with Crippen LogP contribution in [0.1, 0.15) is 0 Å². The Balaban J connectivity index is 0.000000154. The second kappa shape index (κ2) is 20.5. The van der Waals surface area contributed by atoms with E-state index in [4.69, 9.17) is 69.6 Å². The van der Waals surface area contributed by atoms with Gasteiger partial charge in [0, 0.05) is 0 Å². The number of halogens is 2. The molecule has 0 saturated carbocycles. The maximum Gasteiger partial charge on any atom is 0.0600 e. The summed E-state index contributed by atoms with van der Waals surface area (Å²) in [4.78, 5) is 16.6. The first kappa shape index (κ1) is 37.7. The van der Waals surface area contributed by atoms with Gasteiger partial charge in [-0.15, -0.1) is 0 Å². The Morgan fingerprint density at radius 1 is 0.364 bits per heavy atom. The summed E-state index contributed by atoms with van der Waals surface area (Å²) in [6, 6.07) is 31.9. The largest absolute Gasteiger partial charge is 0.408 e. The van der Waals surface area contributed by atoms with Crippen LogP contribution in [0, 0.1) is 0 Å². The number of hydrogen-bond acceptors (Lipinski definition) is 12. The normalized spacial score (nSPS) is 9.73. The van der Waals surface area contributed by atoms with Gasteiger partial charge in [0.15, 0.2) is 0 Å². The number of rotatable bonds is 0. The van der Waals surface area contributed by atoms with Crippen molar-refractivity contribution in [2.24, 2.45) is 0 Å². The van der Waals surface area contributed by atoms with E-state index < -0.39 is 0 Å². The fourth-order valence-electron chi connectivity index (χ4n) is 3.40. The van der Waals surface area contributed by atoms with Crippen LogP contribution in [0.2, 0.25) is 0 Å². The molecule has 0 atom stereocenters. The van der Waals surface area contributed by atoms with Gasteiger partial charge in [0.05, 0.1) is 22.1 Å². The Bertz CT molecular complexity index is 1590. The van der Waals surface area contributed by atoms with Crippen molar-refractivity contribution in [2.45, 2.75) is 17.4 Å². The third-order valence-corrected chi connectivity index (χ3v) is 9.79. The van der Waals surface area contributed by atoms with E-state index in [1.54, 1.807) is 45.3 Å². The molecule has 16 heteroatoms. The number of benzene rings is 4. The van der Waals surface area contributed by atoms with Gasteiger partial charge in [-0.3, -0.25) is 19.9 Å². The zero-order chi connectivity index (χ0) is 31.9. The molecule has 4 heterocycles. The molecular weight excluding hydrogens is 1090 g/mol. The molecule has 8 aromatic rings. The summed E-state index contributed by atoms with van der Waals surface area (Å²) < 4.78 is 7.59. The van der Waals surface area contributed by atoms with Crippen molar-refractivity contribution in [3.05, 3.63) is 97.1 Å². The van der Waals surface area contributed by atoms with Crippen LogP contribution < -0.4 is 0 Å². The Morgan fingerprint density at radius 2 is 0.545 bits per heavy atom. The summed E-state index contributed by atoms with van der Waals surface area (Å²) in [6.45, 7) is 0. The van der Waals surface area contributed by atoms with Crippen LogP contribution in [0.25, 0.3) is 40.9 Å². The summed E-state index contributed by atoms with van der Waals surface area (Å²) >= 11 is 28.3. The number of aromatic nitrogens is 4.